The summed E-state index contributed by atoms with van der Waals surface area (Å²) in [5.41, 5.74) is 1.03. The molecule has 2 aromatic rings. The van der Waals surface area contributed by atoms with Crippen LogP contribution in [0, 0.1) is 5.92 Å². The van der Waals surface area contributed by atoms with E-state index in [2.05, 4.69) is 5.32 Å². The first-order valence-corrected chi connectivity index (χ1v) is 14.7. The molecule has 1 N–H and O–H groups in total. The van der Waals surface area contributed by atoms with E-state index in [4.69, 9.17) is 9.47 Å². The molecule has 1 aliphatic rings. The smallest absolute Gasteiger partial charge is 0.331 e. The van der Waals surface area contributed by atoms with Crippen LogP contribution in [-0.2, 0) is 37.0 Å². The minimum atomic E-state index is -0.900. The fourth-order valence-corrected chi connectivity index (χ4v) is 4.88. The number of carbonyl (C=O) groups is 4. The van der Waals surface area contributed by atoms with Gasteiger partial charge in [-0.15, -0.1) is 0 Å². The standard InChI is InChI=1S/C33H45N3O6/c1-7-29(37)27(34-26(18-23(2)3)30(38)41-22-25-16-12-9-13-17-25)20-36-28(31(39)42-33(4,5)6)21-35(32(36)40)19-24-14-10-8-11-15-24/h8-17,23,26-28,34H,7,18-22H2,1-6H3/t26-,27-,28-/m0/s1. The van der Waals surface area contributed by atoms with Gasteiger partial charge < -0.3 is 19.3 Å². The topological polar surface area (TPSA) is 105 Å². The fraction of sp³-hybridized carbons (Fsp3) is 0.515. The van der Waals surface area contributed by atoms with E-state index in [-0.39, 0.29) is 43.8 Å². The van der Waals surface area contributed by atoms with Crippen molar-refractivity contribution >= 4 is 23.8 Å². The predicted octanol–water partition coefficient (Wildman–Crippen LogP) is 4.73. The lowest BCUT2D eigenvalue weighted by molar-refractivity contribution is -0.159. The van der Waals surface area contributed by atoms with Gasteiger partial charge in [0, 0.05) is 19.5 Å². The SMILES string of the molecule is CCC(=O)[C@H](CN1C(=O)N(Cc2ccccc2)C[C@H]1C(=O)OC(C)(C)C)N[C@@H](CC(C)C)C(=O)OCc1ccccc1. The Morgan fingerprint density at radius 2 is 1.55 bits per heavy atom. The van der Waals surface area contributed by atoms with Crippen molar-refractivity contribution in [3.05, 3.63) is 71.8 Å². The summed E-state index contributed by atoms with van der Waals surface area (Å²) in [5.74, 6) is -1.04. The number of urea groups is 1. The van der Waals surface area contributed by atoms with E-state index in [0.717, 1.165) is 11.1 Å². The highest BCUT2D eigenvalue weighted by Gasteiger charge is 2.45. The van der Waals surface area contributed by atoms with Crippen LogP contribution in [0.25, 0.3) is 0 Å². The number of Topliss-reactive ketones (excluding diaryl/α,β-unsaturated/α-hetero) is 1. The van der Waals surface area contributed by atoms with Gasteiger partial charge in [-0.25, -0.2) is 9.59 Å². The average molecular weight is 580 g/mol. The predicted molar refractivity (Wildman–Crippen MR) is 160 cm³/mol. The minimum Gasteiger partial charge on any atom is -0.460 e. The van der Waals surface area contributed by atoms with Gasteiger partial charge in [0.2, 0.25) is 0 Å². The van der Waals surface area contributed by atoms with E-state index in [1.165, 1.54) is 4.90 Å². The number of ether oxygens (including phenoxy) is 2. The van der Waals surface area contributed by atoms with E-state index >= 15 is 0 Å². The van der Waals surface area contributed by atoms with Crippen molar-refractivity contribution in [1.82, 2.24) is 15.1 Å². The van der Waals surface area contributed by atoms with Gasteiger partial charge in [-0.3, -0.25) is 14.9 Å². The van der Waals surface area contributed by atoms with E-state index in [1.54, 1.807) is 32.6 Å². The lowest BCUT2D eigenvalue weighted by Crippen LogP contribution is -2.55. The normalized spacial score (nSPS) is 16.8. The van der Waals surface area contributed by atoms with Gasteiger partial charge in [0.25, 0.3) is 0 Å². The first-order valence-electron chi connectivity index (χ1n) is 14.7. The van der Waals surface area contributed by atoms with Gasteiger partial charge in [0.1, 0.15) is 24.3 Å². The zero-order valence-corrected chi connectivity index (χ0v) is 25.7. The second-order valence-corrected chi connectivity index (χ2v) is 12.2. The zero-order chi connectivity index (χ0) is 30.9. The minimum absolute atomic E-state index is 0.0821. The summed E-state index contributed by atoms with van der Waals surface area (Å²) < 4.78 is 11.3. The van der Waals surface area contributed by atoms with E-state index in [0.29, 0.717) is 13.0 Å². The van der Waals surface area contributed by atoms with Crippen LogP contribution >= 0.6 is 0 Å². The molecule has 3 rings (SSSR count). The van der Waals surface area contributed by atoms with Gasteiger partial charge in [0.15, 0.2) is 5.78 Å². The van der Waals surface area contributed by atoms with Crippen molar-refractivity contribution < 1.29 is 28.7 Å². The van der Waals surface area contributed by atoms with Crippen molar-refractivity contribution in [3.63, 3.8) is 0 Å². The molecular weight excluding hydrogens is 534 g/mol. The Morgan fingerprint density at radius 1 is 0.952 bits per heavy atom. The molecule has 228 valence electrons. The number of nitrogens with one attached hydrogen (secondary N) is 1. The molecule has 1 aliphatic heterocycles. The van der Waals surface area contributed by atoms with Gasteiger partial charge in [-0.1, -0.05) is 81.4 Å². The van der Waals surface area contributed by atoms with Crippen LogP contribution < -0.4 is 5.32 Å². The van der Waals surface area contributed by atoms with Gasteiger partial charge >= 0.3 is 18.0 Å². The molecule has 3 atom stereocenters. The number of benzene rings is 2. The number of hydrogen-bond acceptors (Lipinski definition) is 7. The van der Waals surface area contributed by atoms with Crippen molar-refractivity contribution in [2.75, 3.05) is 13.1 Å². The zero-order valence-electron chi connectivity index (χ0n) is 25.7. The molecule has 1 heterocycles. The number of nitrogens with zero attached hydrogens (tertiary/aromatic N) is 2. The molecule has 0 radical (unpaired) electrons. The highest BCUT2D eigenvalue weighted by Crippen LogP contribution is 2.23. The molecule has 42 heavy (non-hydrogen) atoms. The molecule has 0 aliphatic carbocycles. The van der Waals surface area contributed by atoms with Crippen molar-refractivity contribution in [2.45, 2.75) is 91.3 Å². The molecule has 1 fully saturated rings. The van der Waals surface area contributed by atoms with Crippen LogP contribution in [0.2, 0.25) is 0 Å². The molecule has 0 unspecified atom stereocenters. The molecular formula is C33H45N3O6. The van der Waals surface area contributed by atoms with Crippen molar-refractivity contribution in [2.24, 2.45) is 5.92 Å². The van der Waals surface area contributed by atoms with E-state index < -0.39 is 35.7 Å². The number of ketones is 1. The largest absolute Gasteiger partial charge is 0.460 e. The molecule has 2 aromatic carbocycles. The monoisotopic (exact) mass is 579 g/mol. The number of carbonyl (C=O) groups excluding carboxylic acids is 4. The lowest BCUT2D eigenvalue weighted by atomic mass is 10.0. The fourth-order valence-electron chi connectivity index (χ4n) is 4.88. The summed E-state index contributed by atoms with van der Waals surface area (Å²) >= 11 is 0. The summed E-state index contributed by atoms with van der Waals surface area (Å²) in [6.07, 6.45) is 0.628. The van der Waals surface area contributed by atoms with Crippen molar-refractivity contribution in [3.8, 4) is 0 Å². The van der Waals surface area contributed by atoms with Gasteiger partial charge in [0.05, 0.1) is 12.6 Å². The summed E-state index contributed by atoms with van der Waals surface area (Å²) in [4.78, 5) is 56.5. The van der Waals surface area contributed by atoms with E-state index in [1.807, 2.05) is 74.5 Å². The molecule has 0 spiro atoms. The third kappa shape index (κ3) is 9.69. The van der Waals surface area contributed by atoms with Crippen LogP contribution in [-0.4, -0.2) is 70.4 Å². The highest BCUT2D eigenvalue weighted by atomic mass is 16.6. The Labute approximate surface area is 249 Å². The second kappa shape index (κ2) is 15.0. The van der Waals surface area contributed by atoms with Crippen LogP contribution in [0.5, 0.6) is 0 Å². The van der Waals surface area contributed by atoms with Crippen LogP contribution in [0.15, 0.2) is 60.7 Å². The molecule has 9 heteroatoms. The molecule has 2 amide bonds. The molecule has 9 nitrogen and oxygen atoms in total. The molecule has 0 aromatic heterocycles. The maximum atomic E-state index is 13.7. The van der Waals surface area contributed by atoms with Gasteiger partial charge in [-0.2, -0.15) is 0 Å². The van der Waals surface area contributed by atoms with E-state index in [9.17, 15) is 19.2 Å². The highest BCUT2D eigenvalue weighted by molar-refractivity contribution is 5.90. The summed E-state index contributed by atoms with van der Waals surface area (Å²) in [6, 6.07) is 16.0. The van der Waals surface area contributed by atoms with Crippen LogP contribution in [0.1, 0.15) is 65.5 Å². The Bertz CT molecular complexity index is 1200. The van der Waals surface area contributed by atoms with Crippen LogP contribution in [0.4, 0.5) is 4.79 Å². The lowest BCUT2D eigenvalue weighted by Gasteiger charge is -2.31. The first kappa shape index (κ1) is 32.8. The molecule has 0 bridgehead atoms. The Morgan fingerprint density at radius 3 is 2.10 bits per heavy atom. The number of amides is 2. The quantitative estimate of drug-likeness (QED) is 0.323. The Kier molecular flexibility index (Phi) is 11.7. The van der Waals surface area contributed by atoms with Gasteiger partial charge in [-0.05, 0) is 44.2 Å². The van der Waals surface area contributed by atoms with Crippen LogP contribution in [0.3, 0.4) is 0 Å². The second-order valence-electron chi connectivity index (χ2n) is 12.2. The molecule has 1 saturated heterocycles. The summed E-state index contributed by atoms with van der Waals surface area (Å²) in [6.45, 7) is 11.5. The third-order valence-electron chi connectivity index (χ3n) is 6.92. The summed E-state index contributed by atoms with van der Waals surface area (Å²) in [5, 5.41) is 3.20. The average Bonchev–Trinajstić information content (AvgIpc) is 3.25. The summed E-state index contributed by atoms with van der Waals surface area (Å²) in [7, 11) is 0. The number of esters is 2. The van der Waals surface area contributed by atoms with Crippen molar-refractivity contribution in [1.29, 1.82) is 0 Å². The first-order chi connectivity index (χ1) is 19.9. The Balaban J connectivity index is 1.83. The maximum Gasteiger partial charge on any atom is 0.331 e. The maximum absolute atomic E-state index is 13.7. The number of rotatable bonds is 14. The number of hydrogen-bond donors (Lipinski definition) is 1. The Hall–Kier alpha value is -3.72. The molecule has 0 saturated carbocycles. The third-order valence-corrected chi connectivity index (χ3v) is 6.92.